The Labute approximate surface area is 209 Å². The average Bonchev–Trinajstić information content (AvgIpc) is 3.17. The second-order valence-corrected chi connectivity index (χ2v) is 7.66. The van der Waals surface area contributed by atoms with Crippen LogP contribution in [0.15, 0.2) is 23.3 Å². The molecule has 3 aliphatic rings. The Morgan fingerprint density at radius 2 is 1.72 bits per heavy atom. The van der Waals surface area contributed by atoms with Gasteiger partial charge in [0.2, 0.25) is 0 Å². The van der Waals surface area contributed by atoms with Gasteiger partial charge in [-0.15, -0.1) is 0 Å². The molecule has 32 heavy (non-hydrogen) atoms. The summed E-state index contributed by atoms with van der Waals surface area (Å²) in [6.45, 7) is 16.2. The monoisotopic (exact) mass is 626 g/mol. The van der Waals surface area contributed by atoms with Crippen LogP contribution >= 0.6 is 0 Å². The molecule has 2 saturated heterocycles. The van der Waals surface area contributed by atoms with Crippen LogP contribution in [-0.2, 0) is 49.7 Å². The van der Waals surface area contributed by atoms with E-state index in [1.807, 2.05) is 6.92 Å². The molecular formula is C23H39NO7W. The van der Waals surface area contributed by atoms with Crippen molar-refractivity contribution in [1.29, 1.82) is 0 Å². The Morgan fingerprint density at radius 3 is 1.84 bits per heavy atom. The summed E-state index contributed by atoms with van der Waals surface area (Å²) in [6, 6.07) is 0. The quantitative estimate of drug-likeness (QED) is 0.222. The number of cyclic esters (lactones) is 1. The van der Waals surface area contributed by atoms with Crippen LogP contribution in [0.2, 0.25) is 0 Å². The fourth-order valence-corrected chi connectivity index (χ4v) is 2.66. The Balaban J connectivity index is -0.000000369. The van der Waals surface area contributed by atoms with E-state index in [2.05, 4.69) is 20.9 Å². The summed E-state index contributed by atoms with van der Waals surface area (Å²) in [4.78, 5) is 33.7. The van der Waals surface area contributed by atoms with Crippen molar-refractivity contribution >= 4 is 17.8 Å². The number of amides is 2. The number of imide groups is 1. The zero-order valence-electron chi connectivity index (χ0n) is 21.4. The molecule has 2 amide bonds. The van der Waals surface area contributed by atoms with E-state index in [-0.39, 0.29) is 45.0 Å². The van der Waals surface area contributed by atoms with E-state index in [9.17, 15) is 14.4 Å². The molecule has 3 rings (SSSR count). The molecule has 8 nitrogen and oxygen atoms in total. The maximum Gasteiger partial charge on any atom is 2.00 e. The summed E-state index contributed by atoms with van der Waals surface area (Å²) in [7, 11) is 5.72. The topological polar surface area (TPSA) is 102 Å². The van der Waals surface area contributed by atoms with Crippen molar-refractivity contribution in [2.75, 3.05) is 34.0 Å². The number of carbonyl (C=O) groups is 3. The van der Waals surface area contributed by atoms with Gasteiger partial charge in [0.1, 0.15) is 6.10 Å². The molecular weight excluding hydrogens is 586 g/mol. The van der Waals surface area contributed by atoms with Gasteiger partial charge in [0.15, 0.2) is 0 Å². The maximum atomic E-state index is 11.0. The van der Waals surface area contributed by atoms with E-state index in [4.69, 9.17) is 20.7 Å². The summed E-state index contributed by atoms with van der Waals surface area (Å²) in [5, 5.41) is 7.44. The summed E-state index contributed by atoms with van der Waals surface area (Å²) in [5.41, 5.74) is 2.07. The van der Waals surface area contributed by atoms with E-state index < -0.39 is 0 Å². The van der Waals surface area contributed by atoms with Gasteiger partial charge in [0.05, 0.1) is 19.8 Å². The number of aliphatic hydroxyl groups is 1. The number of likely N-dealkylation sites (N-methyl/N-ethyl adjacent to an activating group) is 1. The molecule has 1 N–H and O–H groups in total. The minimum atomic E-state index is -0.221. The molecule has 0 saturated carbocycles. The van der Waals surface area contributed by atoms with Crippen LogP contribution < -0.4 is 0 Å². The first-order valence-electron chi connectivity index (χ1n) is 10.6. The van der Waals surface area contributed by atoms with Crippen LogP contribution in [0.25, 0.3) is 0 Å². The number of carbonyl (C=O) groups excluding carboxylic acids is 3. The van der Waals surface area contributed by atoms with Gasteiger partial charge in [-0.3, -0.25) is 14.5 Å². The summed E-state index contributed by atoms with van der Waals surface area (Å²) in [6.07, 6.45) is 1.71. The first-order chi connectivity index (χ1) is 15.0. The fraction of sp³-hybridized carbons (Fsp3) is 0.609. The van der Waals surface area contributed by atoms with Crippen LogP contribution in [0.1, 0.15) is 48.8 Å². The van der Waals surface area contributed by atoms with E-state index in [0.717, 1.165) is 44.2 Å². The molecule has 1 atom stereocenters. The number of hydrogen-bond acceptors (Lipinski definition) is 7. The van der Waals surface area contributed by atoms with Gasteiger partial charge in [-0.25, -0.2) is 12.8 Å². The summed E-state index contributed by atoms with van der Waals surface area (Å²) in [5.74, 6) is -0.577. The summed E-state index contributed by atoms with van der Waals surface area (Å²) >= 11 is 0. The van der Waals surface area contributed by atoms with Crippen LogP contribution in [0.5, 0.6) is 0 Å². The van der Waals surface area contributed by atoms with Crippen molar-refractivity contribution in [3.63, 3.8) is 0 Å². The number of esters is 1. The van der Waals surface area contributed by atoms with E-state index in [1.54, 1.807) is 27.9 Å². The molecule has 3 aliphatic heterocycles. The standard InChI is InChI=1S/C7H9NO2.C7H10O2.C6H12O2.C2H5O.CH3.W/c1-4-5(2)7(10)8(3)6(4)9;1-3-6-4-5(2)7(8)9-6;1-6(3-7-2)4-8-5-6;1-2-3;;/h1-3H3;6H,2-4H2,1H3;3-5H2,1-2H3;2-3H,1H3;1H3;/q;;;2*-1;+2/i;;;;1D;. The molecule has 2 fully saturated rings. The molecule has 184 valence electrons. The molecule has 0 radical (unpaired) electrons. The van der Waals surface area contributed by atoms with Crippen LogP contribution in [0.4, 0.5) is 0 Å². The van der Waals surface area contributed by atoms with Crippen molar-refractivity contribution < 1.29 is 56.1 Å². The van der Waals surface area contributed by atoms with Crippen molar-refractivity contribution in [3.05, 3.63) is 37.3 Å². The minimum Gasteiger partial charge on any atom is -0.566 e. The smallest absolute Gasteiger partial charge is 0.566 e. The van der Waals surface area contributed by atoms with Crippen molar-refractivity contribution in [2.24, 2.45) is 5.41 Å². The van der Waals surface area contributed by atoms with E-state index in [0.29, 0.717) is 22.1 Å². The number of hydrogen-bond donors (Lipinski definition) is 1. The molecule has 0 spiro atoms. The largest absolute Gasteiger partial charge is 2.00 e. The molecule has 0 bridgehead atoms. The van der Waals surface area contributed by atoms with Crippen molar-refractivity contribution in [2.45, 2.75) is 53.6 Å². The molecule has 1 unspecified atom stereocenters. The zero-order valence-corrected chi connectivity index (χ0v) is 23.3. The molecule has 0 aromatic carbocycles. The molecule has 0 aromatic rings. The number of ether oxygens (including phenoxy) is 3. The van der Waals surface area contributed by atoms with Gasteiger partial charge < -0.3 is 26.7 Å². The number of rotatable bonds is 3. The molecule has 9 heteroatoms. The third-order valence-corrected chi connectivity index (χ3v) is 4.70. The molecule has 3 heterocycles. The number of methoxy groups -OCH3 is 1. The minimum absolute atomic E-state index is 0. The molecule has 0 aromatic heterocycles. The third-order valence-electron chi connectivity index (χ3n) is 4.70. The van der Waals surface area contributed by atoms with Gasteiger partial charge in [0, 0.05) is 42.7 Å². The van der Waals surface area contributed by atoms with Crippen molar-refractivity contribution in [1.82, 2.24) is 4.90 Å². The van der Waals surface area contributed by atoms with Crippen molar-refractivity contribution in [3.8, 4) is 0 Å². The van der Waals surface area contributed by atoms with Crippen LogP contribution in [-0.4, -0.2) is 67.9 Å². The molecule has 0 aliphatic carbocycles. The predicted octanol–water partition coefficient (Wildman–Crippen LogP) is 3.25. The second kappa shape index (κ2) is 17.2. The zero-order chi connectivity index (χ0) is 25.5. The summed E-state index contributed by atoms with van der Waals surface area (Å²) < 4.78 is 20.4. The third kappa shape index (κ3) is 11.0. The van der Waals surface area contributed by atoms with Crippen LogP contribution in [0.3, 0.4) is 0 Å². The number of nitrogens with zero attached hydrogens (tertiary/aromatic N) is 1. The first-order valence-corrected chi connectivity index (χ1v) is 9.85. The predicted molar refractivity (Wildman–Crippen MR) is 119 cm³/mol. The SMILES string of the molecule is C=C1CC(CC)OC1=O.CC1=C(C)C(=O)N(C)C1=O.COCC1(C)COC1.C[CH-]O.[2H][CH2-].[W+2]. The second-order valence-electron chi connectivity index (χ2n) is 7.66. The number of aliphatic hydroxyl groups excluding tert-OH is 1. The normalized spacial score (nSPS) is 20.5. The maximum absolute atomic E-state index is 11.0. The fourth-order valence-electron chi connectivity index (χ4n) is 2.66. The van der Waals surface area contributed by atoms with Gasteiger partial charge in [-0.2, -0.15) is 6.92 Å². The van der Waals surface area contributed by atoms with Gasteiger partial charge in [-0.1, -0.05) is 20.4 Å². The van der Waals surface area contributed by atoms with Crippen LogP contribution in [0, 0.1) is 19.4 Å². The van der Waals surface area contributed by atoms with Gasteiger partial charge in [-0.05, 0) is 20.3 Å². The Morgan fingerprint density at radius 1 is 1.28 bits per heavy atom. The van der Waals surface area contributed by atoms with E-state index >= 15 is 0 Å². The Hall–Kier alpha value is -1.34. The Bertz CT molecular complexity index is 623. The van der Waals surface area contributed by atoms with Gasteiger partial charge >= 0.3 is 27.0 Å². The first kappa shape index (κ1) is 32.8. The Kier molecular flexibility index (Phi) is 17.6. The van der Waals surface area contributed by atoms with Gasteiger partial charge in [0.25, 0.3) is 11.8 Å². The van der Waals surface area contributed by atoms with E-state index in [1.165, 1.54) is 7.05 Å². The average molecular weight is 626 g/mol.